The third-order valence-electron chi connectivity index (χ3n) is 2.08. The van der Waals surface area contributed by atoms with Gasteiger partial charge in [-0.1, -0.05) is 25.1 Å². The van der Waals surface area contributed by atoms with Crippen molar-refractivity contribution in [2.75, 3.05) is 0 Å². The molecule has 0 amide bonds. The highest BCUT2D eigenvalue weighted by Gasteiger charge is 2.11. The van der Waals surface area contributed by atoms with E-state index in [4.69, 9.17) is 9.15 Å². The predicted octanol–water partition coefficient (Wildman–Crippen LogP) is 2.46. The SMILES string of the molecule is CCc1coc(OC(=O)c2ccccc2)n1. The van der Waals surface area contributed by atoms with Crippen LogP contribution in [0.1, 0.15) is 23.0 Å². The first kappa shape index (κ1) is 10.4. The number of esters is 1. The average Bonchev–Trinajstić information content (AvgIpc) is 2.78. The van der Waals surface area contributed by atoms with Gasteiger partial charge in [0.05, 0.1) is 11.3 Å². The standard InChI is InChI=1S/C12H11NO3/c1-2-10-8-15-12(13-10)16-11(14)9-6-4-3-5-7-9/h3-8H,2H2,1H3. The topological polar surface area (TPSA) is 52.3 Å². The van der Waals surface area contributed by atoms with Gasteiger partial charge in [0.15, 0.2) is 0 Å². The van der Waals surface area contributed by atoms with Crippen molar-refractivity contribution >= 4 is 5.97 Å². The van der Waals surface area contributed by atoms with Gasteiger partial charge in [0.25, 0.3) is 0 Å². The van der Waals surface area contributed by atoms with E-state index in [2.05, 4.69) is 4.98 Å². The van der Waals surface area contributed by atoms with E-state index in [9.17, 15) is 4.79 Å². The molecule has 4 heteroatoms. The Morgan fingerprint density at radius 2 is 2.12 bits per heavy atom. The zero-order valence-electron chi connectivity index (χ0n) is 8.84. The number of benzene rings is 1. The number of oxazole rings is 1. The first-order valence-corrected chi connectivity index (χ1v) is 5.01. The van der Waals surface area contributed by atoms with Crippen LogP contribution in [-0.2, 0) is 6.42 Å². The van der Waals surface area contributed by atoms with E-state index in [1.54, 1.807) is 24.3 Å². The van der Waals surface area contributed by atoms with Crippen LogP contribution in [0.4, 0.5) is 0 Å². The maximum atomic E-state index is 11.6. The molecule has 0 bridgehead atoms. The summed E-state index contributed by atoms with van der Waals surface area (Å²) in [6, 6.07) is 8.71. The highest BCUT2D eigenvalue weighted by molar-refractivity contribution is 5.90. The molecule has 0 saturated heterocycles. The highest BCUT2D eigenvalue weighted by atomic mass is 16.6. The second kappa shape index (κ2) is 4.61. The molecule has 0 atom stereocenters. The van der Waals surface area contributed by atoms with Crippen LogP contribution in [0.2, 0.25) is 0 Å². The fourth-order valence-corrected chi connectivity index (χ4v) is 1.21. The van der Waals surface area contributed by atoms with Crippen LogP contribution in [0.25, 0.3) is 0 Å². The van der Waals surface area contributed by atoms with Gasteiger partial charge in [-0.3, -0.25) is 0 Å². The van der Waals surface area contributed by atoms with E-state index in [-0.39, 0.29) is 6.08 Å². The van der Waals surface area contributed by atoms with Gasteiger partial charge < -0.3 is 9.15 Å². The van der Waals surface area contributed by atoms with Gasteiger partial charge in [0, 0.05) is 0 Å². The van der Waals surface area contributed by atoms with Crippen LogP contribution in [0.3, 0.4) is 0 Å². The number of aryl methyl sites for hydroxylation is 1. The van der Waals surface area contributed by atoms with E-state index in [0.717, 1.165) is 12.1 Å². The fourth-order valence-electron chi connectivity index (χ4n) is 1.21. The van der Waals surface area contributed by atoms with Crippen molar-refractivity contribution in [3.63, 3.8) is 0 Å². The Balaban J connectivity index is 2.08. The highest BCUT2D eigenvalue weighted by Crippen LogP contribution is 2.12. The Hall–Kier alpha value is -2.10. The molecule has 1 aromatic heterocycles. The zero-order chi connectivity index (χ0) is 11.4. The molecule has 82 valence electrons. The summed E-state index contributed by atoms with van der Waals surface area (Å²) in [6.45, 7) is 1.95. The predicted molar refractivity (Wildman–Crippen MR) is 57.3 cm³/mol. The van der Waals surface area contributed by atoms with Crippen molar-refractivity contribution < 1.29 is 13.9 Å². The number of carbonyl (C=O) groups is 1. The first-order chi connectivity index (χ1) is 7.79. The minimum Gasteiger partial charge on any atom is -0.417 e. The van der Waals surface area contributed by atoms with E-state index in [0.29, 0.717) is 5.56 Å². The van der Waals surface area contributed by atoms with Crippen LogP contribution < -0.4 is 4.74 Å². The van der Waals surface area contributed by atoms with E-state index in [1.807, 2.05) is 13.0 Å². The molecule has 0 radical (unpaired) electrons. The van der Waals surface area contributed by atoms with E-state index in [1.165, 1.54) is 6.26 Å². The number of carbonyl (C=O) groups excluding carboxylic acids is 1. The van der Waals surface area contributed by atoms with Crippen molar-refractivity contribution in [1.29, 1.82) is 0 Å². The smallest absolute Gasteiger partial charge is 0.401 e. The third kappa shape index (κ3) is 2.28. The summed E-state index contributed by atoms with van der Waals surface area (Å²) < 4.78 is 9.96. The van der Waals surface area contributed by atoms with Crippen molar-refractivity contribution in [1.82, 2.24) is 4.98 Å². The molecule has 0 unspecified atom stereocenters. The summed E-state index contributed by atoms with van der Waals surface area (Å²) in [7, 11) is 0. The molecular formula is C12H11NO3. The lowest BCUT2D eigenvalue weighted by molar-refractivity contribution is 0.0683. The molecule has 0 aliphatic rings. The maximum Gasteiger partial charge on any atom is 0.401 e. The van der Waals surface area contributed by atoms with Gasteiger partial charge in [0.2, 0.25) is 0 Å². The first-order valence-electron chi connectivity index (χ1n) is 5.01. The molecule has 1 heterocycles. The molecule has 0 fully saturated rings. The normalized spacial score (nSPS) is 10.1. The number of ether oxygens (including phenoxy) is 1. The minimum atomic E-state index is -0.467. The number of hydrogen-bond acceptors (Lipinski definition) is 4. The molecule has 4 nitrogen and oxygen atoms in total. The molecule has 16 heavy (non-hydrogen) atoms. The van der Waals surface area contributed by atoms with Crippen LogP contribution >= 0.6 is 0 Å². The molecule has 2 aromatic rings. The third-order valence-corrected chi connectivity index (χ3v) is 2.08. The lowest BCUT2D eigenvalue weighted by Gasteiger charge is -1.98. The molecule has 2 rings (SSSR count). The lowest BCUT2D eigenvalue weighted by Crippen LogP contribution is -2.08. The Labute approximate surface area is 92.9 Å². The molecule has 0 N–H and O–H groups in total. The Bertz CT molecular complexity index is 476. The van der Waals surface area contributed by atoms with Crippen molar-refractivity contribution in [2.24, 2.45) is 0 Å². The van der Waals surface area contributed by atoms with Crippen LogP contribution in [0.15, 0.2) is 41.0 Å². The summed E-state index contributed by atoms with van der Waals surface area (Å²) in [6.07, 6.45) is 2.21. The van der Waals surface area contributed by atoms with Gasteiger partial charge in [-0.2, -0.15) is 4.98 Å². The van der Waals surface area contributed by atoms with Gasteiger partial charge in [-0.05, 0) is 18.6 Å². The molecular weight excluding hydrogens is 206 g/mol. The fraction of sp³-hybridized carbons (Fsp3) is 0.167. The molecule has 0 saturated carbocycles. The number of rotatable bonds is 3. The molecule has 0 aliphatic carbocycles. The van der Waals surface area contributed by atoms with E-state index >= 15 is 0 Å². The largest absolute Gasteiger partial charge is 0.417 e. The molecule has 0 aliphatic heterocycles. The number of hydrogen-bond donors (Lipinski definition) is 0. The van der Waals surface area contributed by atoms with Crippen LogP contribution in [0.5, 0.6) is 6.08 Å². The van der Waals surface area contributed by atoms with Gasteiger partial charge >= 0.3 is 12.0 Å². The summed E-state index contributed by atoms with van der Waals surface area (Å²) in [4.78, 5) is 15.6. The van der Waals surface area contributed by atoms with E-state index < -0.39 is 5.97 Å². The number of aromatic nitrogens is 1. The van der Waals surface area contributed by atoms with Crippen LogP contribution in [-0.4, -0.2) is 11.0 Å². The summed E-state index contributed by atoms with van der Waals surface area (Å²) in [5.74, 6) is -0.467. The Morgan fingerprint density at radius 1 is 1.38 bits per heavy atom. The molecule has 1 aromatic carbocycles. The van der Waals surface area contributed by atoms with Crippen molar-refractivity contribution in [3.05, 3.63) is 47.9 Å². The average molecular weight is 217 g/mol. The molecule has 0 spiro atoms. The summed E-state index contributed by atoms with van der Waals surface area (Å²) in [5, 5.41) is 0. The second-order valence-electron chi connectivity index (χ2n) is 3.21. The van der Waals surface area contributed by atoms with Crippen LogP contribution in [0, 0.1) is 0 Å². The van der Waals surface area contributed by atoms with Gasteiger partial charge in [0.1, 0.15) is 6.26 Å². The summed E-state index contributed by atoms with van der Waals surface area (Å²) >= 11 is 0. The zero-order valence-corrected chi connectivity index (χ0v) is 8.84. The quantitative estimate of drug-likeness (QED) is 0.741. The maximum absolute atomic E-state index is 11.6. The lowest BCUT2D eigenvalue weighted by atomic mass is 10.2. The monoisotopic (exact) mass is 217 g/mol. The Morgan fingerprint density at radius 3 is 2.75 bits per heavy atom. The Kier molecular flexibility index (Phi) is 3.00. The van der Waals surface area contributed by atoms with Gasteiger partial charge in [-0.15, -0.1) is 0 Å². The second-order valence-corrected chi connectivity index (χ2v) is 3.21. The van der Waals surface area contributed by atoms with Crippen molar-refractivity contribution in [3.8, 4) is 6.08 Å². The summed E-state index contributed by atoms with van der Waals surface area (Å²) in [5.41, 5.74) is 1.23. The van der Waals surface area contributed by atoms with Crippen molar-refractivity contribution in [2.45, 2.75) is 13.3 Å². The van der Waals surface area contributed by atoms with Gasteiger partial charge in [-0.25, -0.2) is 4.79 Å². The number of nitrogens with zero attached hydrogens (tertiary/aromatic N) is 1. The minimum absolute atomic E-state index is 0.00861.